The molecule has 8 nitrogen and oxygen atoms in total. The van der Waals surface area contributed by atoms with Crippen LogP contribution < -0.4 is 5.43 Å². The molecule has 0 aliphatic carbocycles. The zero-order valence-corrected chi connectivity index (χ0v) is 14.7. The minimum Gasteiger partial charge on any atom is -0.268 e. The highest BCUT2D eigenvalue weighted by atomic mass is 35.5. The van der Waals surface area contributed by atoms with Gasteiger partial charge in [-0.1, -0.05) is 41.9 Å². The van der Waals surface area contributed by atoms with E-state index in [4.69, 9.17) is 11.6 Å². The summed E-state index contributed by atoms with van der Waals surface area (Å²) in [7, 11) is 0. The first-order valence-electron chi connectivity index (χ1n) is 7.87. The number of carbonyl (C=O) groups excluding carboxylic acids is 1. The van der Waals surface area contributed by atoms with E-state index in [1.807, 2.05) is 6.07 Å². The SMILES string of the molecule is O=C(NN=Cc1ccccc1Cl)c1ccn(Cc2ccc([N+](=O)[O-])cc2)n1. The van der Waals surface area contributed by atoms with Gasteiger partial charge in [-0.2, -0.15) is 10.2 Å². The zero-order valence-electron chi connectivity index (χ0n) is 13.9. The molecule has 1 amide bonds. The van der Waals surface area contributed by atoms with Crippen LogP contribution in [0.3, 0.4) is 0 Å². The average molecular weight is 384 g/mol. The lowest BCUT2D eigenvalue weighted by atomic mass is 10.2. The Hall–Kier alpha value is -3.52. The molecule has 1 N–H and O–H groups in total. The quantitative estimate of drug-likeness (QED) is 0.401. The molecular formula is C18H14ClN5O3. The summed E-state index contributed by atoms with van der Waals surface area (Å²) in [5.74, 6) is -0.458. The summed E-state index contributed by atoms with van der Waals surface area (Å²) in [6.45, 7) is 0.383. The highest BCUT2D eigenvalue weighted by molar-refractivity contribution is 6.33. The number of nitrogens with one attached hydrogen (secondary N) is 1. The van der Waals surface area contributed by atoms with Gasteiger partial charge in [-0.25, -0.2) is 5.43 Å². The largest absolute Gasteiger partial charge is 0.291 e. The van der Waals surface area contributed by atoms with E-state index in [1.165, 1.54) is 18.3 Å². The molecule has 0 spiro atoms. The number of non-ortho nitro benzene ring substituents is 1. The smallest absolute Gasteiger partial charge is 0.268 e. The molecule has 0 aliphatic rings. The summed E-state index contributed by atoms with van der Waals surface area (Å²) >= 11 is 6.01. The summed E-state index contributed by atoms with van der Waals surface area (Å²) in [5.41, 5.74) is 4.13. The Bertz CT molecular complexity index is 998. The van der Waals surface area contributed by atoms with E-state index in [0.717, 1.165) is 5.56 Å². The van der Waals surface area contributed by atoms with Crippen LogP contribution in [0.1, 0.15) is 21.6 Å². The molecule has 0 bridgehead atoms. The molecule has 0 radical (unpaired) electrons. The van der Waals surface area contributed by atoms with Gasteiger partial charge >= 0.3 is 0 Å². The van der Waals surface area contributed by atoms with Crippen LogP contribution in [0.15, 0.2) is 65.9 Å². The second-order valence-electron chi connectivity index (χ2n) is 5.54. The molecule has 1 aromatic heterocycles. The number of hydrazone groups is 1. The standard InChI is InChI=1S/C18H14ClN5O3/c19-16-4-2-1-3-14(16)11-20-21-18(25)17-9-10-23(22-17)12-13-5-7-15(8-6-13)24(26)27/h1-11H,12H2,(H,21,25). The molecule has 1 heterocycles. The monoisotopic (exact) mass is 383 g/mol. The highest BCUT2D eigenvalue weighted by Gasteiger charge is 2.09. The van der Waals surface area contributed by atoms with Crippen molar-refractivity contribution >= 4 is 29.4 Å². The van der Waals surface area contributed by atoms with Crippen molar-refractivity contribution in [3.63, 3.8) is 0 Å². The third-order valence-corrected chi connectivity index (χ3v) is 3.98. The summed E-state index contributed by atoms with van der Waals surface area (Å²) in [6, 6.07) is 14.8. The van der Waals surface area contributed by atoms with Crippen molar-refractivity contribution in [1.82, 2.24) is 15.2 Å². The normalized spacial score (nSPS) is 10.9. The summed E-state index contributed by atoms with van der Waals surface area (Å²) in [5, 5.41) is 19.3. The van der Waals surface area contributed by atoms with Gasteiger partial charge in [0.25, 0.3) is 11.6 Å². The molecule has 0 unspecified atom stereocenters. The molecule has 3 rings (SSSR count). The van der Waals surface area contributed by atoms with Gasteiger partial charge in [0.15, 0.2) is 5.69 Å². The van der Waals surface area contributed by atoms with Gasteiger partial charge in [0.1, 0.15) is 0 Å². The fourth-order valence-electron chi connectivity index (χ4n) is 2.28. The number of nitrogens with zero attached hydrogens (tertiary/aromatic N) is 4. The number of halogens is 1. The lowest BCUT2D eigenvalue weighted by Gasteiger charge is -2.01. The first kappa shape index (κ1) is 18.3. The van der Waals surface area contributed by atoms with Crippen molar-refractivity contribution in [2.75, 3.05) is 0 Å². The highest BCUT2D eigenvalue weighted by Crippen LogP contribution is 2.13. The van der Waals surface area contributed by atoms with Gasteiger partial charge in [-0.15, -0.1) is 0 Å². The van der Waals surface area contributed by atoms with Crippen molar-refractivity contribution in [2.45, 2.75) is 6.54 Å². The van der Waals surface area contributed by atoms with E-state index >= 15 is 0 Å². The Labute approximate surface area is 159 Å². The number of carbonyl (C=O) groups is 1. The van der Waals surface area contributed by atoms with E-state index in [9.17, 15) is 14.9 Å². The Balaban J connectivity index is 1.60. The Kier molecular flexibility index (Phi) is 5.58. The number of hydrogen-bond acceptors (Lipinski definition) is 5. The van der Waals surface area contributed by atoms with Crippen molar-refractivity contribution in [3.8, 4) is 0 Å². The fourth-order valence-corrected chi connectivity index (χ4v) is 2.46. The molecule has 0 saturated heterocycles. The maximum atomic E-state index is 12.1. The molecular weight excluding hydrogens is 370 g/mol. The van der Waals surface area contributed by atoms with Crippen LogP contribution in [-0.4, -0.2) is 26.8 Å². The van der Waals surface area contributed by atoms with Gasteiger partial charge in [0.2, 0.25) is 0 Å². The second-order valence-corrected chi connectivity index (χ2v) is 5.95. The molecule has 2 aromatic carbocycles. The van der Waals surface area contributed by atoms with E-state index < -0.39 is 10.8 Å². The van der Waals surface area contributed by atoms with E-state index in [0.29, 0.717) is 17.1 Å². The number of benzene rings is 2. The minimum atomic E-state index is -0.458. The lowest BCUT2D eigenvalue weighted by Crippen LogP contribution is -2.18. The minimum absolute atomic E-state index is 0.0238. The summed E-state index contributed by atoms with van der Waals surface area (Å²) < 4.78 is 1.56. The average Bonchev–Trinajstić information content (AvgIpc) is 3.12. The molecule has 0 fully saturated rings. The van der Waals surface area contributed by atoms with Gasteiger partial charge in [-0.3, -0.25) is 19.6 Å². The number of nitro groups is 1. The lowest BCUT2D eigenvalue weighted by molar-refractivity contribution is -0.384. The summed E-state index contributed by atoms with van der Waals surface area (Å²) in [4.78, 5) is 22.3. The van der Waals surface area contributed by atoms with Gasteiger partial charge < -0.3 is 0 Å². The molecule has 3 aromatic rings. The topological polar surface area (TPSA) is 102 Å². The first-order valence-corrected chi connectivity index (χ1v) is 8.25. The van der Waals surface area contributed by atoms with Gasteiger partial charge in [0, 0.05) is 28.9 Å². The molecule has 9 heteroatoms. The number of amides is 1. The third kappa shape index (κ3) is 4.77. The third-order valence-electron chi connectivity index (χ3n) is 3.64. The van der Waals surface area contributed by atoms with E-state index in [1.54, 1.807) is 47.3 Å². The van der Waals surface area contributed by atoms with E-state index in [-0.39, 0.29) is 11.4 Å². The Morgan fingerprint density at radius 1 is 1.22 bits per heavy atom. The van der Waals surface area contributed by atoms with Crippen molar-refractivity contribution < 1.29 is 9.72 Å². The van der Waals surface area contributed by atoms with Crippen LogP contribution in [0, 0.1) is 10.1 Å². The van der Waals surface area contributed by atoms with Crippen LogP contribution in [-0.2, 0) is 6.54 Å². The van der Waals surface area contributed by atoms with Crippen molar-refractivity contribution in [2.24, 2.45) is 5.10 Å². The Morgan fingerprint density at radius 3 is 2.67 bits per heavy atom. The zero-order chi connectivity index (χ0) is 19.2. The van der Waals surface area contributed by atoms with Crippen LogP contribution >= 0.6 is 11.6 Å². The molecule has 0 aliphatic heterocycles. The Morgan fingerprint density at radius 2 is 1.96 bits per heavy atom. The van der Waals surface area contributed by atoms with E-state index in [2.05, 4.69) is 15.6 Å². The molecule has 0 saturated carbocycles. The number of nitro benzene ring substituents is 1. The predicted octanol–water partition coefficient (Wildman–Crippen LogP) is 3.26. The second kappa shape index (κ2) is 8.24. The maximum Gasteiger partial charge on any atom is 0.291 e. The number of hydrogen-bond donors (Lipinski definition) is 1. The van der Waals surface area contributed by atoms with Gasteiger partial charge in [-0.05, 0) is 17.7 Å². The number of aromatic nitrogens is 2. The van der Waals surface area contributed by atoms with Gasteiger partial charge in [0.05, 0.1) is 17.7 Å². The molecule has 136 valence electrons. The summed E-state index contributed by atoms with van der Waals surface area (Å²) in [6.07, 6.45) is 3.10. The van der Waals surface area contributed by atoms with Crippen molar-refractivity contribution in [1.29, 1.82) is 0 Å². The molecule has 0 atom stereocenters. The molecule has 27 heavy (non-hydrogen) atoms. The fraction of sp³-hybridized carbons (Fsp3) is 0.0556. The van der Waals surface area contributed by atoms with Crippen LogP contribution in [0.4, 0.5) is 5.69 Å². The van der Waals surface area contributed by atoms with Crippen molar-refractivity contribution in [3.05, 3.63) is 92.8 Å². The number of rotatable bonds is 6. The van der Waals surface area contributed by atoms with Crippen LogP contribution in [0.25, 0.3) is 0 Å². The maximum absolute atomic E-state index is 12.1. The van der Waals surface area contributed by atoms with Crippen LogP contribution in [0.5, 0.6) is 0 Å². The van der Waals surface area contributed by atoms with Crippen LogP contribution in [0.2, 0.25) is 5.02 Å². The predicted molar refractivity (Wildman–Crippen MR) is 101 cm³/mol. The first-order chi connectivity index (χ1) is 13.0.